The molecule has 2 aliphatic heterocycles. The number of nitrogens with one attached hydrogen (secondary N) is 1. The van der Waals surface area contributed by atoms with E-state index in [1.807, 2.05) is 13.8 Å². The first kappa shape index (κ1) is 19.5. The van der Waals surface area contributed by atoms with Crippen LogP contribution in [0.5, 0.6) is 5.75 Å². The third-order valence-corrected chi connectivity index (χ3v) is 7.66. The molecule has 4 rings (SSSR count). The number of fused-ring (bicyclic) bond motifs is 2. The molecule has 1 aromatic rings. The van der Waals surface area contributed by atoms with Crippen molar-refractivity contribution in [2.75, 3.05) is 19.6 Å². The first-order valence-electron chi connectivity index (χ1n) is 10.2. The van der Waals surface area contributed by atoms with Crippen LogP contribution in [0, 0.1) is 5.92 Å². The number of hydrogen-bond acceptors (Lipinski definition) is 4. The molecule has 0 unspecified atom stereocenters. The van der Waals surface area contributed by atoms with Gasteiger partial charge in [-0.15, -0.1) is 0 Å². The molecule has 2 amide bonds. The second-order valence-electron chi connectivity index (χ2n) is 8.36. The summed E-state index contributed by atoms with van der Waals surface area (Å²) in [6, 6.07) is 6.64. The van der Waals surface area contributed by atoms with Crippen molar-refractivity contribution in [3.63, 3.8) is 0 Å². The zero-order valence-corrected chi connectivity index (χ0v) is 17.3. The van der Waals surface area contributed by atoms with Crippen LogP contribution >= 0.6 is 0 Å². The third-order valence-electron chi connectivity index (χ3n) is 5.73. The Labute approximate surface area is 167 Å². The van der Waals surface area contributed by atoms with E-state index in [1.165, 1.54) is 0 Å². The van der Waals surface area contributed by atoms with Gasteiger partial charge in [-0.1, -0.05) is 12.1 Å². The molecule has 2 heterocycles. The van der Waals surface area contributed by atoms with Crippen molar-refractivity contribution in [2.24, 2.45) is 5.92 Å². The van der Waals surface area contributed by atoms with Crippen molar-refractivity contribution in [3.8, 4) is 5.75 Å². The summed E-state index contributed by atoms with van der Waals surface area (Å²) < 4.78 is 34.8. The molecule has 28 heavy (non-hydrogen) atoms. The average Bonchev–Trinajstić information content (AvgIpc) is 3.46. The maximum atomic E-state index is 13.5. The highest BCUT2D eigenvalue weighted by Gasteiger charge is 2.45. The quantitative estimate of drug-likeness (QED) is 0.835. The van der Waals surface area contributed by atoms with Crippen LogP contribution in [0.25, 0.3) is 0 Å². The summed E-state index contributed by atoms with van der Waals surface area (Å²) >= 11 is 0. The Morgan fingerprint density at radius 3 is 2.61 bits per heavy atom. The Balaban J connectivity index is 1.64. The summed E-state index contributed by atoms with van der Waals surface area (Å²) in [7, 11) is -3.63. The first-order chi connectivity index (χ1) is 13.4. The smallest absolute Gasteiger partial charge is 0.317 e. The van der Waals surface area contributed by atoms with Crippen molar-refractivity contribution >= 4 is 16.1 Å². The molecule has 7 nitrogen and oxygen atoms in total. The number of carbonyl (C=O) groups is 1. The Morgan fingerprint density at radius 2 is 1.89 bits per heavy atom. The minimum atomic E-state index is -3.63. The van der Waals surface area contributed by atoms with Gasteiger partial charge in [0, 0.05) is 32.1 Å². The molecule has 1 aromatic carbocycles. The topological polar surface area (TPSA) is 79.0 Å². The highest BCUT2D eigenvalue weighted by molar-refractivity contribution is 7.89. The molecule has 2 fully saturated rings. The summed E-state index contributed by atoms with van der Waals surface area (Å²) in [6.07, 6.45) is 3.09. The third kappa shape index (κ3) is 3.85. The zero-order valence-electron chi connectivity index (χ0n) is 16.5. The number of nitrogens with zero attached hydrogens (tertiary/aromatic N) is 2. The summed E-state index contributed by atoms with van der Waals surface area (Å²) in [5.41, 5.74) is 0. The second-order valence-corrected chi connectivity index (χ2v) is 10.2. The fourth-order valence-corrected chi connectivity index (χ4v) is 5.96. The Hall–Kier alpha value is -1.80. The number of urea groups is 1. The Bertz CT molecular complexity index is 838. The monoisotopic (exact) mass is 407 g/mol. The zero-order chi connectivity index (χ0) is 19.9. The van der Waals surface area contributed by atoms with Gasteiger partial charge >= 0.3 is 6.03 Å². The molecule has 1 saturated carbocycles. The van der Waals surface area contributed by atoms with Gasteiger partial charge in [-0.2, -0.15) is 4.31 Å². The van der Waals surface area contributed by atoms with Crippen LogP contribution < -0.4 is 10.1 Å². The van der Waals surface area contributed by atoms with Crippen molar-refractivity contribution in [3.05, 3.63) is 24.3 Å². The van der Waals surface area contributed by atoms with E-state index in [2.05, 4.69) is 5.32 Å². The van der Waals surface area contributed by atoms with Gasteiger partial charge in [0.15, 0.2) is 0 Å². The molecule has 3 aliphatic rings. The van der Waals surface area contributed by atoms with Crippen LogP contribution in [0.15, 0.2) is 29.2 Å². The fraction of sp³-hybridized carbons (Fsp3) is 0.650. The van der Waals surface area contributed by atoms with Crippen LogP contribution in [0.2, 0.25) is 0 Å². The number of likely N-dealkylation sites (tertiary alicyclic amines) is 1. The van der Waals surface area contributed by atoms with Crippen LogP contribution in [-0.4, -0.2) is 61.5 Å². The predicted molar refractivity (Wildman–Crippen MR) is 106 cm³/mol. The van der Waals surface area contributed by atoms with E-state index in [-0.39, 0.29) is 29.1 Å². The van der Waals surface area contributed by atoms with Gasteiger partial charge in [-0.25, -0.2) is 13.2 Å². The van der Waals surface area contributed by atoms with E-state index in [9.17, 15) is 13.2 Å². The van der Waals surface area contributed by atoms with E-state index in [4.69, 9.17) is 4.74 Å². The average molecular weight is 408 g/mol. The minimum Gasteiger partial charge on any atom is -0.487 e. The lowest BCUT2D eigenvalue weighted by molar-refractivity contribution is 0.111. The normalized spacial score (nSPS) is 27.2. The Morgan fingerprint density at radius 1 is 1.18 bits per heavy atom. The molecule has 1 aliphatic carbocycles. The van der Waals surface area contributed by atoms with Gasteiger partial charge in [0.25, 0.3) is 0 Å². The molecule has 0 bridgehead atoms. The van der Waals surface area contributed by atoms with E-state index in [0.717, 1.165) is 12.8 Å². The van der Waals surface area contributed by atoms with Gasteiger partial charge in [0.1, 0.15) is 16.7 Å². The molecule has 1 N–H and O–H groups in total. The molecule has 1 saturated heterocycles. The van der Waals surface area contributed by atoms with Gasteiger partial charge in [0.2, 0.25) is 10.0 Å². The van der Waals surface area contributed by atoms with E-state index in [0.29, 0.717) is 44.1 Å². The van der Waals surface area contributed by atoms with Crippen LogP contribution in [0.4, 0.5) is 4.79 Å². The summed E-state index contributed by atoms with van der Waals surface area (Å²) in [5, 5.41) is 2.93. The number of carbonyl (C=O) groups excluding carboxylic acids is 1. The predicted octanol–water partition coefficient (Wildman–Crippen LogP) is 2.43. The maximum absolute atomic E-state index is 13.5. The van der Waals surface area contributed by atoms with Crippen LogP contribution in [-0.2, 0) is 10.0 Å². The molecule has 0 aromatic heterocycles. The first-order valence-corrected chi connectivity index (χ1v) is 11.6. The number of para-hydroxylation sites is 1. The number of benzene rings is 1. The lowest BCUT2D eigenvalue weighted by Crippen LogP contribution is -2.48. The standard InChI is InChI=1S/C20H29N3O4S/c1-14(2)21-20(24)22-11-9-16-17(10-12-22)27-18-5-3-4-6-19(18)28(25,26)23(16)13-15-7-8-15/h3-6,14-17H,7-13H2,1-2H3,(H,21,24)/t16-,17-/m0/s1. The highest BCUT2D eigenvalue weighted by Crippen LogP contribution is 2.39. The summed E-state index contributed by atoms with van der Waals surface area (Å²) in [5.74, 6) is 0.861. The van der Waals surface area contributed by atoms with Crippen molar-refractivity contribution in [1.82, 2.24) is 14.5 Å². The Kier molecular flexibility index (Phi) is 5.26. The molecule has 0 radical (unpaired) electrons. The molecular formula is C20H29N3O4S. The van der Waals surface area contributed by atoms with Crippen molar-refractivity contribution < 1.29 is 17.9 Å². The maximum Gasteiger partial charge on any atom is 0.317 e. The summed E-state index contributed by atoms with van der Waals surface area (Å²) in [4.78, 5) is 14.5. The van der Waals surface area contributed by atoms with Crippen LogP contribution in [0.3, 0.4) is 0 Å². The molecule has 2 atom stereocenters. The van der Waals surface area contributed by atoms with Crippen molar-refractivity contribution in [1.29, 1.82) is 0 Å². The number of ether oxygens (including phenoxy) is 1. The number of sulfonamides is 1. The highest BCUT2D eigenvalue weighted by atomic mass is 32.2. The van der Waals surface area contributed by atoms with Crippen molar-refractivity contribution in [2.45, 2.75) is 62.6 Å². The lowest BCUT2D eigenvalue weighted by Gasteiger charge is -2.31. The van der Waals surface area contributed by atoms with Gasteiger partial charge < -0.3 is 15.0 Å². The molecule has 0 spiro atoms. The van der Waals surface area contributed by atoms with Crippen LogP contribution in [0.1, 0.15) is 39.5 Å². The summed E-state index contributed by atoms with van der Waals surface area (Å²) in [6.45, 7) is 5.49. The largest absolute Gasteiger partial charge is 0.487 e. The van der Waals surface area contributed by atoms with E-state index >= 15 is 0 Å². The van der Waals surface area contributed by atoms with E-state index in [1.54, 1.807) is 33.5 Å². The minimum absolute atomic E-state index is 0.0658. The van der Waals surface area contributed by atoms with E-state index < -0.39 is 10.0 Å². The number of rotatable bonds is 3. The van der Waals surface area contributed by atoms with Gasteiger partial charge in [0.05, 0.1) is 6.04 Å². The van der Waals surface area contributed by atoms with Gasteiger partial charge in [-0.05, 0) is 51.2 Å². The number of amides is 2. The SMILES string of the molecule is CC(C)NC(=O)N1CC[C@@H]2Oc3ccccc3S(=O)(=O)N(CC3CC3)[C@H]2CC1. The molecular weight excluding hydrogens is 378 g/mol. The second kappa shape index (κ2) is 7.55. The van der Waals surface area contributed by atoms with Gasteiger partial charge in [-0.3, -0.25) is 0 Å². The number of hydrogen-bond donors (Lipinski definition) is 1. The fourth-order valence-electron chi connectivity index (χ4n) is 4.09. The molecule has 8 heteroatoms. The molecule has 154 valence electrons. The lowest BCUT2D eigenvalue weighted by atomic mass is 10.1.